The number of aromatic amines is 1. The number of fused-ring (bicyclic) bond motifs is 1. The molecule has 2 aromatic rings. The molecule has 1 amide bonds. The molecule has 0 atom stereocenters. The van der Waals surface area contributed by atoms with Crippen molar-refractivity contribution in [1.29, 1.82) is 0 Å². The van der Waals surface area contributed by atoms with Crippen molar-refractivity contribution in [2.45, 2.75) is 39.5 Å². The summed E-state index contributed by atoms with van der Waals surface area (Å²) < 4.78 is 13.7. The number of ketones is 1. The summed E-state index contributed by atoms with van der Waals surface area (Å²) in [6.07, 6.45) is 4.95. The van der Waals surface area contributed by atoms with Crippen molar-refractivity contribution in [1.82, 2.24) is 9.88 Å². The van der Waals surface area contributed by atoms with Crippen LogP contribution < -0.4 is 5.32 Å². The van der Waals surface area contributed by atoms with E-state index in [0.717, 1.165) is 48.4 Å². The fourth-order valence-electron chi connectivity index (χ4n) is 4.53. The molecule has 5 nitrogen and oxygen atoms in total. The second kappa shape index (κ2) is 8.19. The van der Waals surface area contributed by atoms with Crippen molar-refractivity contribution >= 4 is 29.0 Å². The highest BCUT2D eigenvalue weighted by molar-refractivity contribution is 6.34. The van der Waals surface area contributed by atoms with E-state index in [4.69, 9.17) is 0 Å². The molecule has 0 unspecified atom stereocenters. The number of halogens is 1. The SMILES string of the molecule is Cc1[nH]c(/C=C2\C(=O)Nc3ccc(F)cc32)c(C)c1CC(=O)CC1CCN(C)CC1. The van der Waals surface area contributed by atoms with Gasteiger partial charge in [0.1, 0.15) is 11.6 Å². The van der Waals surface area contributed by atoms with Crippen LogP contribution in [0.15, 0.2) is 18.2 Å². The molecule has 0 aliphatic carbocycles. The van der Waals surface area contributed by atoms with Gasteiger partial charge in [0, 0.05) is 35.5 Å². The number of H-pyrrole nitrogens is 1. The molecule has 158 valence electrons. The summed E-state index contributed by atoms with van der Waals surface area (Å²) in [5, 5.41) is 2.77. The van der Waals surface area contributed by atoms with Crippen LogP contribution in [0, 0.1) is 25.6 Å². The normalized spacial score (nSPS) is 18.7. The van der Waals surface area contributed by atoms with E-state index in [2.05, 4.69) is 22.2 Å². The molecule has 0 saturated carbocycles. The van der Waals surface area contributed by atoms with Crippen LogP contribution >= 0.6 is 0 Å². The van der Waals surface area contributed by atoms with Gasteiger partial charge in [0.25, 0.3) is 5.91 Å². The lowest BCUT2D eigenvalue weighted by atomic mass is 9.89. The van der Waals surface area contributed by atoms with E-state index in [9.17, 15) is 14.0 Å². The fourth-order valence-corrected chi connectivity index (χ4v) is 4.53. The minimum absolute atomic E-state index is 0.248. The molecule has 4 rings (SSSR count). The molecule has 6 heteroatoms. The third kappa shape index (κ3) is 4.10. The first-order valence-corrected chi connectivity index (χ1v) is 10.5. The second-order valence-corrected chi connectivity index (χ2v) is 8.64. The number of benzene rings is 1. The Bertz CT molecular complexity index is 1030. The largest absolute Gasteiger partial charge is 0.359 e. The van der Waals surface area contributed by atoms with Crippen molar-refractivity contribution in [2.75, 3.05) is 25.5 Å². The summed E-state index contributed by atoms with van der Waals surface area (Å²) in [5.74, 6) is 0.112. The van der Waals surface area contributed by atoms with Gasteiger partial charge >= 0.3 is 0 Å². The van der Waals surface area contributed by atoms with Crippen LogP contribution in [0.1, 0.15) is 47.3 Å². The number of nitrogens with zero attached hydrogens (tertiary/aromatic N) is 1. The Balaban J connectivity index is 1.53. The van der Waals surface area contributed by atoms with Gasteiger partial charge in [0.2, 0.25) is 0 Å². The number of aromatic nitrogens is 1. The van der Waals surface area contributed by atoms with Crippen molar-refractivity contribution in [3.63, 3.8) is 0 Å². The third-order valence-electron chi connectivity index (χ3n) is 6.41. The van der Waals surface area contributed by atoms with Crippen LogP contribution in [0.2, 0.25) is 0 Å². The van der Waals surface area contributed by atoms with Crippen molar-refractivity contribution in [3.8, 4) is 0 Å². The van der Waals surface area contributed by atoms with Gasteiger partial charge in [0.05, 0.1) is 5.57 Å². The van der Waals surface area contributed by atoms with E-state index in [1.54, 1.807) is 12.1 Å². The highest BCUT2D eigenvalue weighted by Gasteiger charge is 2.26. The molecule has 2 aliphatic heterocycles. The van der Waals surface area contributed by atoms with Gasteiger partial charge in [-0.15, -0.1) is 0 Å². The Morgan fingerprint density at radius 1 is 1.27 bits per heavy atom. The van der Waals surface area contributed by atoms with Gasteiger partial charge in [-0.1, -0.05) is 0 Å². The summed E-state index contributed by atoms with van der Waals surface area (Å²) in [6.45, 7) is 6.03. The zero-order valence-corrected chi connectivity index (χ0v) is 17.8. The topological polar surface area (TPSA) is 65.2 Å². The molecule has 1 fully saturated rings. The molecule has 2 aliphatic rings. The van der Waals surface area contributed by atoms with E-state index in [0.29, 0.717) is 35.6 Å². The molecular formula is C24H28FN3O2. The number of anilines is 1. The number of carbonyl (C=O) groups excluding carboxylic acids is 2. The highest BCUT2D eigenvalue weighted by atomic mass is 19.1. The van der Waals surface area contributed by atoms with Crippen LogP contribution in [-0.2, 0) is 16.0 Å². The number of aryl methyl sites for hydroxylation is 1. The number of carbonyl (C=O) groups is 2. The zero-order chi connectivity index (χ0) is 21.4. The van der Waals surface area contributed by atoms with Crippen molar-refractivity contribution in [2.24, 2.45) is 5.92 Å². The lowest BCUT2D eigenvalue weighted by Crippen LogP contribution is -2.31. The van der Waals surface area contributed by atoms with Crippen LogP contribution in [-0.4, -0.2) is 41.7 Å². The van der Waals surface area contributed by atoms with Gasteiger partial charge in [-0.2, -0.15) is 0 Å². The molecule has 1 aromatic heterocycles. The van der Waals surface area contributed by atoms with Gasteiger partial charge in [-0.25, -0.2) is 4.39 Å². The molecule has 0 radical (unpaired) electrons. The fraction of sp³-hybridized carbons (Fsp3) is 0.417. The number of hydrogen-bond acceptors (Lipinski definition) is 3. The van der Waals surface area contributed by atoms with Crippen molar-refractivity contribution < 1.29 is 14.0 Å². The summed E-state index contributed by atoms with van der Waals surface area (Å²) >= 11 is 0. The molecule has 1 aromatic carbocycles. The lowest BCUT2D eigenvalue weighted by molar-refractivity contribution is -0.119. The zero-order valence-electron chi connectivity index (χ0n) is 17.8. The van der Waals surface area contributed by atoms with Crippen LogP contribution in [0.4, 0.5) is 10.1 Å². The quantitative estimate of drug-likeness (QED) is 0.731. The Morgan fingerprint density at radius 3 is 2.73 bits per heavy atom. The molecule has 3 heterocycles. The first kappa shape index (κ1) is 20.5. The molecule has 0 spiro atoms. The first-order chi connectivity index (χ1) is 14.3. The molecule has 0 bridgehead atoms. The number of Topliss-reactive ketones (excluding diaryl/α,β-unsaturated/α-hetero) is 1. The number of likely N-dealkylation sites (tertiary alicyclic amines) is 1. The summed E-state index contributed by atoms with van der Waals surface area (Å²) in [6, 6.07) is 4.28. The minimum Gasteiger partial charge on any atom is -0.359 e. The maximum atomic E-state index is 13.7. The maximum Gasteiger partial charge on any atom is 0.256 e. The average molecular weight is 410 g/mol. The maximum absolute atomic E-state index is 13.7. The number of piperidine rings is 1. The predicted molar refractivity (Wildman–Crippen MR) is 117 cm³/mol. The standard InChI is InChI=1S/C24H28FN3O2/c1-14-19(12-18(29)10-16-6-8-28(3)9-7-16)15(2)26-23(14)13-21-20-11-17(25)4-5-22(20)27-24(21)30/h4-5,11,13,16,26H,6-10,12H2,1-3H3,(H,27,30)/b21-13-. The minimum atomic E-state index is -0.379. The van der Waals surface area contributed by atoms with E-state index in [-0.39, 0.29) is 17.5 Å². The second-order valence-electron chi connectivity index (χ2n) is 8.64. The summed E-state index contributed by atoms with van der Waals surface area (Å²) in [4.78, 5) is 30.7. The van der Waals surface area contributed by atoms with E-state index in [1.165, 1.54) is 12.1 Å². The van der Waals surface area contributed by atoms with E-state index < -0.39 is 0 Å². The van der Waals surface area contributed by atoms with E-state index in [1.807, 2.05) is 13.8 Å². The van der Waals surface area contributed by atoms with Gasteiger partial charge in [0.15, 0.2) is 0 Å². The van der Waals surface area contributed by atoms with Crippen molar-refractivity contribution in [3.05, 3.63) is 52.1 Å². The van der Waals surface area contributed by atoms with Crippen LogP contribution in [0.3, 0.4) is 0 Å². The van der Waals surface area contributed by atoms with Gasteiger partial charge in [-0.3, -0.25) is 9.59 Å². The first-order valence-electron chi connectivity index (χ1n) is 10.5. The Hall–Kier alpha value is -2.73. The Morgan fingerprint density at radius 2 is 2.00 bits per heavy atom. The van der Waals surface area contributed by atoms with Gasteiger partial charge < -0.3 is 15.2 Å². The predicted octanol–water partition coefficient (Wildman–Crippen LogP) is 4.11. The number of amides is 1. The van der Waals surface area contributed by atoms with Crippen LogP contribution in [0.5, 0.6) is 0 Å². The van der Waals surface area contributed by atoms with E-state index >= 15 is 0 Å². The smallest absolute Gasteiger partial charge is 0.256 e. The molecule has 2 N–H and O–H groups in total. The summed E-state index contributed by atoms with van der Waals surface area (Å²) in [5.41, 5.74) is 5.30. The van der Waals surface area contributed by atoms with Gasteiger partial charge in [-0.05, 0) is 88.1 Å². The Labute approximate surface area is 176 Å². The Kier molecular flexibility index (Phi) is 5.60. The monoisotopic (exact) mass is 409 g/mol. The third-order valence-corrected chi connectivity index (χ3v) is 6.41. The lowest BCUT2D eigenvalue weighted by Gasteiger charge is -2.28. The highest BCUT2D eigenvalue weighted by Crippen LogP contribution is 2.34. The number of hydrogen-bond donors (Lipinski definition) is 2. The summed E-state index contributed by atoms with van der Waals surface area (Å²) in [7, 11) is 2.12. The molecular weight excluding hydrogens is 381 g/mol. The van der Waals surface area contributed by atoms with Crippen LogP contribution in [0.25, 0.3) is 11.6 Å². The number of nitrogens with one attached hydrogen (secondary N) is 2. The molecule has 30 heavy (non-hydrogen) atoms. The average Bonchev–Trinajstić information content (AvgIpc) is 3.14. The molecule has 1 saturated heterocycles. The number of rotatable bonds is 5.